The lowest BCUT2D eigenvalue weighted by molar-refractivity contribution is 0.102. The number of carbonyl (C=O) groups is 1. The summed E-state index contributed by atoms with van der Waals surface area (Å²) in [5.41, 5.74) is 3.75. The molecule has 1 heterocycles. The first-order chi connectivity index (χ1) is 13.7. The second kappa shape index (κ2) is 9.07. The summed E-state index contributed by atoms with van der Waals surface area (Å²) in [6.07, 6.45) is 1.26. The zero-order chi connectivity index (χ0) is 21.0. The van der Waals surface area contributed by atoms with Crippen LogP contribution in [-0.2, 0) is 16.6 Å². The lowest BCUT2D eigenvalue weighted by atomic mass is 10.0. The smallest absolute Gasteiger partial charge is 0.255 e. The van der Waals surface area contributed by atoms with Crippen LogP contribution >= 0.6 is 0 Å². The van der Waals surface area contributed by atoms with E-state index in [1.54, 1.807) is 0 Å². The summed E-state index contributed by atoms with van der Waals surface area (Å²) < 4.78 is 24.7. The maximum absolute atomic E-state index is 12.5. The number of rotatable bonds is 6. The number of carbonyl (C=O) groups excluding carboxylic acids is 1. The van der Waals surface area contributed by atoms with Gasteiger partial charge in [-0.25, -0.2) is 8.42 Å². The minimum Gasteiger partial charge on any atom is -0.322 e. The molecule has 0 spiro atoms. The van der Waals surface area contributed by atoms with Crippen LogP contribution < -0.4 is 5.32 Å². The SMILES string of the molecule is CC(C)c1ccc(NC(=O)c2ccc(CN3CCN(S(C)(=O)=O)CC3)cc2)cc1. The van der Waals surface area contributed by atoms with E-state index in [4.69, 9.17) is 0 Å². The van der Waals surface area contributed by atoms with Crippen molar-refractivity contribution >= 4 is 21.6 Å². The van der Waals surface area contributed by atoms with E-state index >= 15 is 0 Å². The topological polar surface area (TPSA) is 69.7 Å². The zero-order valence-corrected chi connectivity index (χ0v) is 18.1. The average Bonchev–Trinajstić information content (AvgIpc) is 2.68. The van der Waals surface area contributed by atoms with Crippen LogP contribution in [0.5, 0.6) is 0 Å². The Labute approximate surface area is 173 Å². The van der Waals surface area contributed by atoms with E-state index < -0.39 is 10.0 Å². The van der Waals surface area contributed by atoms with Crippen LogP contribution in [0.4, 0.5) is 5.69 Å². The van der Waals surface area contributed by atoms with Gasteiger partial charge >= 0.3 is 0 Å². The van der Waals surface area contributed by atoms with Crippen molar-refractivity contribution in [3.8, 4) is 0 Å². The molecule has 156 valence electrons. The van der Waals surface area contributed by atoms with Gasteiger partial charge in [0.05, 0.1) is 6.26 Å². The van der Waals surface area contributed by atoms with Crippen LogP contribution in [0.25, 0.3) is 0 Å². The van der Waals surface area contributed by atoms with Gasteiger partial charge in [-0.3, -0.25) is 9.69 Å². The molecule has 0 aliphatic carbocycles. The number of hydrogen-bond acceptors (Lipinski definition) is 4. The van der Waals surface area contributed by atoms with E-state index in [0.717, 1.165) is 17.8 Å². The normalized spacial score (nSPS) is 16.1. The highest BCUT2D eigenvalue weighted by molar-refractivity contribution is 7.88. The molecule has 0 unspecified atom stereocenters. The lowest BCUT2D eigenvalue weighted by Crippen LogP contribution is -2.47. The van der Waals surface area contributed by atoms with Crippen LogP contribution in [0.3, 0.4) is 0 Å². The molecule has 1 aliphatic heterocycles. The maximum atomic E-state index is 12.5. The minimum absolute atomic E-state index is 0.129. The molecule has 2 aromatic carbocycles. The van der Waals surface area contributed by atoms with Crippen molar-refractivity contribution in [3.63, 3.8) is 0 Å². The van der Waals surface area contributed by atoms with Gasteiger partial charge in [-0.2, -0.15) is 4.31 Å². The summed E-state index contributed by atoms with van der Waals surface area (Å²) in [7, 11) is -3.11. The Hall–Kier alpha value is -2.22. The maximum Gasteiger partial charge on any atom is 0.255 e. The van der Waals surface area contributed by atoms with Crippen molar-refractivity contribution in [2.24, 2.45) is 0 Å². The largest absolute Gasteiger partial charge is 0.322 e. The zero-order valence-electron chi connectivity index (χ0n) is 17.3. The van der Waals surface area contributed by atoms with Crippen molar-refractivity contribution < 1.29 is 13.2 Å². The van der Waals surface area contributed by atoms with Gasteiger partial charge < -0.3 is 5.32 Å². The number of benzene rings is 2. The standard InChI is InChI=1S/C22H29N3O3S/c1-17(2)19-8-10-21(11-9-19)23-22(26)20-6-4-18(5-7-20)16-24-12-14-25(15-13-24)29(3,27)28/h4-11,17H,12-16H2,1-3H3,(H,23,26). The lowest BCUT2D eigenvalue weighted by Gasteiger charge is -2.33. The number of piperazine rings is 1. The van der Waals surface area contributed by atoms with Gasteiger partial charge in [-0.15, -0.1) is 0 Å². The van der Waals surface area contributed by atoms with Gasteiger partial charge in [0.25, 0.3) is 5.91 Å². The molecule has 6 nitrogen and oxygen atoms in total. The molecule has 1 N–H and O–H groups in total. The van der Waals surface area contributed by atoms with Crippen LogP contribution in [0.15, 0.2) is 48.5 Å². The molecule has 0 atom stereocenters. The first-order valence-electron chi connectivity index (χ1n) is 9.90. The molecule has 1 amide bonds. The van der Waals surface area contributed by atoms with Crippen LogP contribution in [-0.4, -0.2) is 56.0 Å². The summed E-state index contributed by atoms with van der Waals surface area (Å²) in [5.74, 6) is 0.331. The number of nitrogens with one attached hydrogen (secondary N) is 1. The molecule has 0 radical (unpaired) electrons. The summed E-state index contributed by atoms with van der Waals surface area (Å²) in [5, 5.41) is 2.93. The summed E-state index contributed by atoms with van der Waals surface area (Å²) in [6.45, 7) is 7.49. The Kier molecular flexibility index (Phi) is 6.72. The average molecular weight is 416 g/mol. The molecule has 0 bridgehead atoms. The molecule has 2 aromatic rings. The molecule has 29 heavy (non-hydrogen) atoms. The molecule has 0 aromatic heterocycles. The van der Waals surface area contributed by atoms with Gasteiger partial charge in [0.15, 0.2) is 0 Å². The van der Waals surface area contributed by atoms with E-state index in [1.807, 2.05) is 48.5 Å². The van der Waals surface area contributed by atoms with Crippen molar-refractivity contribution in [2.45, 2.75) is 26.3 Å². The van der Waals surface area contributed by atoms with Crippen molar-refractivity contribution in [2.75, 3.05) is 37.8 Å². The Morgan fingerprint density at radius 1 is 0.966 bits per heavy atom. The highest BCUT2D eigenvalue weighted by Gasteiger charge is 2.23. The van der Waals surface area contributed by atoms with E-state index in [9.17, 15) is 13.2 Å². The number of hydrogen-bond donors (Lipinski definition) is 1. The molecule has 3 rings (SSSR count). The van der Waals surface area contributed by atoms with Crippen molar-refractivity contribution in [1.29, 1.82) is 0 Å². The number of anilines is 1. The molecule has 1 saturated heterocycles. The predicted octanol–water partition coefficient (Wildman–Crippen LogP) is 3.14. The van der Waals surface area contributed by atoms with E-state index in [0.29, 0.717) is 37.7 Å². The molecule has 1 fully saturated rings. The van der Waals surface area contributed by atoms with Crippen LogP contribution in [0, 0.1) is 0 Å². The van der Waals surface area contributed by atoms with Crippen LogP contribution in [0.2, 0.25) is 0 Å². The second-order valence-corrected chi connectivity index (χ2v) is 9.85. The van der Waals surface area contributed by atoms with Gasteiger partial charge in [0.1, 0.15) is 0 Å². The molecule has 7 heteroatoms. The first kappa shape index (κ1) is 21.5. The number of sulfonamides is 1. The highest BCUT2D eigenvalue weighted by atomic mass is 32.2. The van der Waals surface area contributed by atoms with Gasteiger partial charge in [0, 0.05) is 44.0 Å². The quantitative estimate of drug-likeness (QED) is 0.787. The third kappa shape index (κ3) is 5.88. The fourth-order valence-corrected chi connectivity index (χ4v) is 4.22. The molecular weight excluding hydrogens is 386 g/mol. The van der Waals surface area contributed by atoms with Gasteiger partial charge in [0.2, 0.25) is 10.0 Å². The highest BCUT2D eigenvalue weighted by Crippen LogP contribution is 2.18. The fraction of sp³-hybridized carbons (Fsp3) is 0.409. The molecular formula is C22H29N3O3S. The summed E-state index contributed by atoms with van der Waals surface area (Å²) >= 11 is 0. The third-order valence-corrected chi connectivity index (χ3v) is 6.56. The van der Waals surface area contributed by atoms with E-state index in [1.165, 1.54) is 16.1 Å². The summed E-state index contributed by atoms with van der Waals surface area (Å²) in [4.78, 5) is 14.7. The Balaban J connectivity index is 1.54. The predicted molar refractivity (Wildman–Crippen MR) is 117 cm³/mol. The van der Waals surface area contributed by atoms with E-state index in [-0.39, 0.29) is 5.91 Å². The molecule has 1 aliphatic rings. The Bertz CT molecular complexity index is 930. The van der Waals surface area contributed by atoms with Crippen molar-refractivity contribution in [3.05, 3.63) is 65.2 Å². The number of amides is 1. The Morgan fingerprint density at radius 3 is 2.07 bits per heavy atom. The molecule has 0 saturated carbocycles. The monoisotopic (exact) mass is 415 g/mol. The first-order valence-corrected chi connectivity index (χ1v) is 11.7. The Morgan fingerprint density at radius 2 is 1.55 bits per heavy atom. The fourth-order valence-electron chi connectivity index (χ4n) is 3.39. The minimum atomic E-state index is -3.11. The van der Waals surface area contributed by atoms with E-state index in [2.05, 4.69) is 24.1 Å². The van der Waals surface area contributed by atoms with Crippen LogP contribution in [0.1, 0.15) is 41.3 Å². The van der Waals surface area contributed by atoms with Crippen molar-refractivity contribution in [1.82, 2.24) is 9.21 Å². The van der Waals surface area contributed by atoms with Gasteiger partial charge in [-0.05, 0) is 41.3 Å². The second-order valence-electron chi connectivity index (χ2n) is 7.87. The third-order valence-electron chi connectivity index (χ3n) is 5.26. The number of nitrogens with zero attached hydrogens (tertiary/aromatic N) is 2. The van der Waals surface area contributed by atoms with Gasteiger partial charge in [-0.1, -0.05) is 38.1 Å². The summed E-state index contributed by atoms with van der Waals surface area (Å²) in [6, 6.07) is 15.5.